The van der Waals surface area contributed by atoms with Gasteiger partial charge in [-0.3, -0.25) is 4.79 Å². The van der Waals surface area contributed by atoms with E-state index in [1.165, 1.54) is 0 Å². The molecule has 18 heavy (non-hydrogen) atoms. The van der Waals surface area contributed by atoms with Crippen LogP contribution in [0.2, 0.25) is 0 Å². The van der Waals surface area contributed by atoms with E-state index in [0.29, 0.717) is 13.0 Å². The van der Waals surface area contributed by atoms with Crippen molar-refractivity contribution in [1.29, 1.82) is 0 Å². The summed E-state index contributed by atoms with van der Waals surface area (Å²) >= 11 is 0. The molecule has 0 aliphatic heterocycles. The van der Waals surface area contributed by atoms with Crippen molar-refractivity contribution >= 4 is 5.91 Å². The van der Waals surface area contributed by atoms with Crippen LogP contribution in [0, 0.1) is 0 Å². The predicted molar refractivity (Wildman–Crippen MR) is 71.3 cm³/mol. The first-order chi connectivity index (χ1) is 8.56. The van der Waals surface area contributed by atoms with Crippen LogP contribution in [0.25, 0.3) is 0 Å². The van der Waals surface area contributed by atoms with Crippen LogP contribution < -0.4 is 0 Å². The van der Waals surface area contributed by atoms with Crippen molar-refractivity contribution in [2.45, 2.75) is 37.7 Å². The van der Waals surface area contributed by atoms with E-state index in [1.54, 1.807) is 11.8 Å². The number of rotatable bonds is 5. The summed E-state index contributed by atoms with van der Waals surface area (Å²) in [5.74, 6) is 0.189. The van der Waals surface area contributed by atoms with E-state index in [1.807, 2.05) is 37.4 Å². The Morgan fingerprint density at radius 3 is 2.50 bits per heavy atom. The summed E-state index contributed by atoms with van der Waals surface area (Å²) in [6.07, 6.45) is 2.16. The lowest BCUT2D eigenvalue weighted by Crippen LogP contribution is -2.37. The number of carbonyl (C=O) groups excluding carboxylic acids is 1. The second kappa shape index (κ2) is 5.11. The van der Waals surface area contributed by atoms with Crippen LogP contribution in [-0.2, 0) is 10.2 Å². The molecule has 1 aliphatic carbocycles. The lowest BCUT2D eigenvalue weighted by Gasteiger charge is -2.24. The number of nitrogens with zero attached hydrogens (tertiary/aromatic N) is 1. The summed E-state index contributed by atoms with van der Waals surface area (Å²) in [7, 11) is 1.83. The lowest BCUT2D eigenvalue weighted by molar-refractivity contribution is -0.132. The van der Waals surface area contributed by atoms with E-state index in [9.17, 15) is 9.90 Å². The largest absolute Gasteiger partial charge is 0.393 e. The molecule has 1 fully saturated rings. The zero-order valence-corrected chi connectivity index (χ0v) is 11.1. The molecule has 1 N–H and O–H groups in total. The average Bonchev–Trinajstić information content (AvgIpc) is 3.17. The first-order valence-electron chi connectivity index (χ1n) is 6.55. The zero-order chi connectivity index (χ0) is 13.2. The van der Waals surface area contributed by atoms with Crippen molar-refractivity contribution < 1.29 is 9.90 Å². The predicted octanol–water partition coefficient (Wildman–Crippen LogP) is 1.95. The van der Waals surface area contributed by atoms with Crippen LogP contribution in [0.5, 0.6) is 0 Å². The molecule has 2 rings (SSSR count). The molecule has 0 heterocycles. The fraction of sp³-hybridized carbons (Fsp3) is 0.533. The minimum atomic E-state index is -0.355. The van der Waals surface area contributed by atoms with Crippen molar-refractivity contribution in [2.75, 3.05) is 13.6 Å². The summed E-state index contributed by atoms with van der Waals surface area (Å²) in [5.41, 5.74) is 0.841. The molecule has 1 aromatic carbocycles. The number of carbonyl (C=O) groups is 1. The maximum Gasteiger partial charge on any atom is 0.232 e. The summed E-state index contributed by atoms with van der Waals surface area (Å²) in [4.78, 5) is 14.2. The van der Waals surface area contributed by atoms with Gasteiger partial charge < -0.3 is 10.0 Å². The molecule has 1 aromatic rings. The van der Waals surface area contributed by atoms with Gasteiger partial charge in [-0.25, -0.2) is 0 Å². The Morgan fingerprint density at radius 1 is 1.39 bits per heavy atom. The number of aliphatic hydroxyl groups excluding tert-OH is 1. The molecule has 1 saturated carbocycles. The summed E-state index contributed by atoms with van der Waals surface area (Å²) in [6.45, 7) is 2.37. The van der Waals surface area contributed by atoms with Gasteiger partial charge in [0.1, 0.15) is 0 Å². The van der Waals surface area contributed by atoms with Crippen LogP contribution in [0.4, 0.5) is 0 Å². The van der Waals surface area contributed by atoms with Crippen molar-refractivity contribution in [1.82, 2.24) is 4.90 Å². The molecule has 1 unspecified atom stereocenters. The van der Waals surface area contributed by atoms with E-state index in [-0.39, 0.29) is 17.4 Å². The van der Waals surface area contributed by atoms with Crippen LogP contribution >= 0.6 is 0 Å². The molecule has 3 nitrogen and oxygen atoms in total. The van der Waals surface area contributed by atoms with Crippen LogP contribution in [-0.4, -0.2) is 35.6 Å². The highest BCUT2D eigenvalue weighted by Gasteiger charge is 2.52. The number of amides is 1. The summed E-state index contributed by atoms with van der Waals surface area (Å²) < 4.78 is 0. The number of hydrogen-bond donors (Lipinski definition) is 1. The third-order valence-corrected chi connectivity index (χ3v) is 3.71. The standard InChI is InChI=1S/C15H21NO2/c1-12(17)8-11-16(2)14(18)15(9-10-15)13-6-4-3-5-7-13/h3-7,12,17H,8-11H2,1-2H3. The van der Waals surface area contributed by atoms with E-state index < -0.39 is 0 Å². The van der Waals surface area contributed by atoms with Gasteiger partial charge in [0.25, 0.3) is 0 Å². The van der Waals surface area contributed by atoms with Gasteiger partial charge in [0.05, 0.1) is 11.5 Å². The van der Waals surface area contributed by atoms with Gasteiger partial charge in [-0.05, 0) is 31.7 Å². The molecular weight excluding hydrogens is 226 g/mol. The molecule has 1 amide bonds. The van der Waals surface area contributed by atoms with Crippen LogP contribution in [0.3, 0.4) is 0 Å². The Morgan fingerprint density at radius 2 is 2.00 bits per heavy atom. The maximum absolute atomic E-state index is 12.5. The number of hydrogen-bond acceptors (Lipinski definition) is 2. The molecular formula is C15H21NO2. The number of benzene rings is 1. The lowest BCUT2D eigenvalue weighted by atomic mass is 9.94. The quantitative estimate of drug-likeness (QED) is 0.864. The molecule has 1 aliphatic rings. The van der Waals surface area contributed by atoms with Crippen molar-refractivity contribution in [3.8, 4) is 0 Å². The van der Waals surface area contributed by atoms with Crippen molar-refractivity contribution in [3.05, 3.63) is 35.9 Å². The fourth-order valence-corrected chi connectivity index (χ4v) is 2.36. The first kappa shape index (κ1) is 13.1. The van der Waals surface area contributed by atoms with Gasteiger partial charge in [0.15, 0.2) is 0 Å². The van der Waals surface area contributed by atoms with E-state index in [0.717, 1.165) is 18.4 Å². The normalized spacial score (nSPS) is 18.2. The Bertz CT molecular complexity index is 410. The van der Waals surface area contributed by atoms with Crippen molar-refractivity contribution in [2.24, 2.45) is 0 Å². The molecule has 98 valence electrons. The first-order valence-corrected chi connectivity index (χ1v) is 6.55. The summed E-state index contributed by atoms with van der Waals surface area (Å²) in [6, 6.07) is 10.0. The fourth-order valence-electron chi connectivity index (χ4n) is 2.36. The SMILES string of the molecule is CC(O)CCN(C)C(=O)C1(c2ccccc2)CC1. The van der Waals surface area contributed by atoms with Crippen LogP contribution in [0.15, 0.2) is 30.3 Å². The molecule has 1 atom stereocenters. The Hall–Kier alpha value is -1.35. The van der Waals surface area contributed by atoms with Gasteiger partial charge >= 0.3 is 0 Å². The maximum atomic E-state index is 12.5. The highest BCUT2D eigenvalue weighted by Crippen LogP contribution is 2.49. The molecule has 0 radical (unpaired) electrons. The van der Waals surface area contributed by atoms with E-state index in [2.05, 4.69) is 0 Å². The van der Waals surface area contributed by atoms with Gasteiger partial charge in [0.2, 0.25) is 5.91 Å². The Labute approximate surface area is 108 Å². The highest BCUT2D eigenvalue weighted by atomic mass is 16.3. The van der Waals surface area contributed by atoms with Gasteiger partial charge in [0, 0.05) is 13.6 Å². The molecule has 0 aromatic heterocycles. The second-order valence-corrected chi connectivity index (χ2v) is 5.31. The topological polar surface area (TPSA) is 40.5 Å². The van der Waals surface area contributed by atoms with E-state index in [4.69, 9.17) is 0 Å². The van der Waals surface area contributed by atoms with Gasteiger partial charge in [-0.2, -0.15) is 0 Å². The zero-order valence-electron chi connectivity index (χ0n) is 11.1. The van der Waals surface area contributed by atoms with Crippen LogP contribution in [0.1, 0.15) is 31.7 Å². The Kier molecular flexibility index (Phi) is 3.71. The highest BCUT2D eigenvalue weighted by molar-refractivity contribution is 5.91. The molecule has 3 heteroatoms. The molecule has 0 spiro atoms. The third kappa shape index (κ3) is 2.56. The van der Waals surface area contributed by atoms with E-state index >= 15 is 0 Å². The van der Waals surface area contributed by atoms with Crippen molar-refractivity contribution in [3.63, 3.8) is 0 Å². The average molecular weight is 247 g/mol. The summed E-state index contributed by atoms with van der Waals surface area (Å²) in [5, 5.41) is 9.28. The third-order valence-electron chi connectivity index (χ3n) is 3.71. The smallest absolute Gasteiger partial charge is 0.232 e. The molecule has 0 saturated heterocycles. The Balaban J connectivity index is 2.05. The minimum absolute atomic E-state index is 0.189. The minimum Gasteiger partial charge on any atom is -0.393 e. The monoisotopic (exact) mass is 247 g/mol. The number of aliphatic hydroxyl groups is 1. The molecule has 0 bridgehead atoms. The van der Waals surface area contributed by atoms with Gasteiger partial charge in [-0.1, -0.05) is 30.3 Å². The number of likely N-dealkylation sites (N-methyl/N-ethyl adjacent to an activating group) is 1. The van der Waals surface area contributed by atoms with Gasteiger partial charge in [-0.15, -0.1) is 0 Å². The second-order valence-electron chi connectivity index (χ2n) is 5.31.